The minimum absolute atomic E-state index is 0.461. The molecule has 9 heteroatoms. The van der Waals surface area contributed by atoms with Gasteiger partial charge in [-0.3, -0.25) is 4.90 Å². The lowest BCUT2D eigenvalue weighted by Crippen LogP contribution is -2.50. The largest absolute Gasteiger partial charge is 0.480 e. The lowest BCUT2D eigenvalue weighted by Gasteiger charge is -2.40. The summed E-state index contributed by atoms with van der Waals surface area (Å²) in [6.45, 7) is 1.45. The number of para-hydroxylation sites is 1. The molecule has 3 atom stereocenters. The first-order chi connectivity index (χ1) is 16.7. The van der Waals surface area contributed by atoms with Gasteiger partial charge in [-0.1, -0.05) is 12.1 Å². The standard InChI is InChI=1S/C25H30N6O3/c1-33-24-14-27-22-4-2-3-21(25(22)29-24)23(32)15-30-18-5-6-19(30)11-17(10-18)26-12-16-7-8-31-20(9-16)13-28-34-31/h2-4,7-9,13-14,17-19,23,26,28,32H,5-6,10-12,15H2,1H3. The molecule has 1 aromatic heterocycles. The SMILES string of the molecule is COc1cnc2cccc(C(O)CN3C4CCC3CC(NCC3=CC5=CNON5C=C3)C4)c2n1. The zero-order chi connectivity index (χ0) is 23.1. The second-order valence-corrected chi connectivity index (χ2v) is 9.41. The van der Waals surface area contributed by atoms with Crippen molar-refractivity contribution in [3.63, 3.8) is 0 Å². The number of nitrogens with one attached hydrogen (secondary N) is 2. The fourth-order valence-corrected chi connectivity index (χ4v) is 5.70. The van der Waals surface area contributed by atoms with Crippen LogP contribution in [-0.2, 0) is 4.94 Å². The van der Waals surface area contributed by atoms with Gasteiger partial charge in [0.1, 0.15) is 0 Å². The van der Waals surface area contributed by atoms with Gasteiger partial charge in [0.05, 0.1) is 42.3 Å². The van der Waals surface area contributed by atoms with E-state index in [0.29, 0.717) is 36.1 Å². The Morgan fingerprint density at radius 1 is 1.29 bits per heavy atom. The van der Waals surface area contributed by atoms with Crippen molar-refractivity contribution >= 4 is 11.0 Å². The molecule has 2 aromatic rings. The minimum Gasteiger partial charge on any atom is -0.480 e. The number of aliphatic hydroxyl groups excluding tert-OH is 1. The van der Waals surface area contributed by atoms with Crippen LogP contribution in [0.4, 0.5) is 0 Å². The van der Waals surface area contributed by atoms with Gasteiger partial charge in [-0.25, -0.2) is 20.5 Å². The third-order valence-corrected chi connectivity index (χ3v) is 7.38. The predicted octanol–water partition coefficient (Wildman–Crippen LogP) is 2.30. The maximum atomic E-state index is 11.2. The van der Waals surface area contributed by atoms with E-state index in [1.807, 2.05) is 30.6 Å². The number of allylic oxidation sites excluding steroid dienone is 1. The summed E-state index contributed by atoms with van der Waals surface area (Å²) in [4.78, 5) is 16.7. The third kappa shape index (κ3) is 4.05. The summed E-state index contributed by atoms with van der Waals surface area (Å²) in [6, 6.07) is 7.26. The maximum Gasteiger partial charge on any atom is 0.232 e. The Morgan fingerprint density at radius 3 is 2.97 bits per heavy atom. The van der Waals surface area contributed by atoms with E-state index in [4.69, 9.17) is 9.68 Å². The first kappa shape index (κ1) is 21.5. The van der Waals surface area contributed by atoms with Crippen LogP contribution in [0.25, 0.3) is 11.0 Å². The number of hydrogen-bond acceptors (Lipinski definition) is 9. The average Bonchev–Trinajstić information content (AvgIpc) is 3.42. The Labute approximate surface area is 198 Å². The van der Waals surface area contributed by atoms with E-state index in [0.717, 1.165) is 36.2 Å². The quantitative estimate of drug-likeness (QED) is 0.573. The fourth-order valence-electron chi connectivity index (χ4n) is 5.70. The van der Waals surface area contributed by atoms with Gasteiger partial charge in [0.25, 0.3) is 0 Å². The predicted molar refractivity (Wildman–Crippen MR) is 127 cm³/mol. The number of hydroxylamine groups is 3. The molecule has 0 saturated carbocycles. The van der Waals surface area contributed by atoms with Crippen LogP contribution < -0.4 is 15.5 Å². The van der Waals surface area contributed by atoms with Crippen molar-refractivity contribution in [3.8, 4) is 5.88 Å². The van der Waals surface area contributed by atoms with Gasteiger partial charge in [0.15, 0.2) is 0 Å². The molecule has 4 aliphatic rings. The smallest absolute Gasteiger partial charge is 0.232 e. The Balaban J connectivity index is 1.10. The Hall–Kier alpha value is -2.98. The highest BCUT2D eigenvalue weighted by atomic mass is 16.8. The van der Waals surface area contributed by atoms with E-state index in [1.54, 1.807) is 18.4 Å². The van der Waals surface area contributed by atoms with E-state index in [1.165, 1.54) is 18.4 Å². The fraction of sp³-hybridized carbons (Fsp3) is 0.440. The van der Waals surface area contributed by atoms with Gasteiger partial charge in [-0.05, 0) is 49.5 Å². The first-order valence-corrected chi connectivity index (χ1v) is 12.0. The summed E-state index contributed by atoms with van der Waals surface area (Å²) in [5, 5.41) is 16.7. The summed E-state index contributed by atoms with van der Waals surface area (Å²) in [5.41, 5.74) is 7.32. The monoisotopic (exact) mass is 462 g/mol. The number of methoxy groups -OCH3 is 1. The summed E-state index contributed by atoms with van der Waals surface area (Å²) >= 11 is 0. The molecule has 5 heterocycles. The topological polar surface area (TPSA) is 95.0 Å². The van der Waals surface area contributed by atoms with Crippen molar-refractivity contribution in [2.75, 3.05) is 20.2 Å². The molecule has 2 fully saturated rings. The van der Waals surface area contributed by atoms with Crippen LogP contribution in [0, 0.1) is 0 Å². The van der Waals surface area contributed by atoms with Gasteiger partial charge in [-0.15, -0.1) is 0 Å². The molecule has 178 valence electrons. The van der Waals surface area contributed by atoms with Crippen LogP contribution in [0.3, 0.4) is 0 Å². The number of aliphatic hydroxyl groups is 1. The summed E-state index contributed by atoms with van der Waals surface area (Å²) in [5.74, 6) is 0.461. The van der Waals surface area contributed by atoms with E-state index in [-0.39, 0.29) is 0 Å². The molecule has 1 aromatic carbocycles. The van der Waals surface area contributed by atoms with Crippen LogP contribution in [-0.4, -0.2) is 63.4 Å². The summed E-state index contributed by atoms with van der Waals surface area (Å²) in [6.07, 6.45) is 13.6. The van der Waals surface area contributed by atoms with Gasteiger partial charge in [-0.2, -0.15) is 4.94 Å². The molecule has 6 rings (SSSR count). The third-order valence-electron chi connectivity index (χ3n) is 7.38. The number of ether oxygens (including phenoxy) is 1. The van der Waals surface area contributed by atoms with E-state index in [9.17, 15) is 5.11 Å². The number of piperidine rings is 1. The highest BCUT2D eigenvalue weighted by Crippen LogP contribution is 2.37. The number of hydrogen-bond donors (Lipinski definition) is 3. The Morgan fingerprint density at radius 2 is 2.15 bits per heavy atom. The number of fused-ring (bicyclic) bond motifs is 4. The van der Waals surface area contributed by atoms with Crippen molar-refractivity contribution in [1.82, 2.24) is 30.7 Å². The van der Waals surface area contributed by atoms with Crippen LogP contribution in [0.5, 0.6) is 5.88 Å². The molecular formula is C25H30N6O3. The molecular weight excluding hydrogens is 432 g/mol. The summed E-state index contributed by atoms with van der Waals surface area (Å²) < 4.78 is 5.25. The molecule has 3 unspecified atom stereocenters. The molecule has 2 saturated heterocycles. The second kappa shape index (κ2) is 8.99. The van der Waals surface area contributed by atoms with E-state index >= 15 is 0 Å². The van der Waals surface area contributed by atoms with E-state index in [2.05, 4.69) is 37.8 Å². The molecule has 0 aliphatic carbocycles. The molecule has 4 aliphatic heterocycles. The highest BCUT2D eigenvalue weighted by molar-refractivity contribution is 5.78. The van der Waals surface area contributed by atoms with Crippen LogP contribution in [0.2, 0.25) is 0 Å². The minimum atomic E-state index is -0.617. The van der Waals surface area contributed by atoms with Gasteiger partial charge in [0.2, 0.25) is 5.88 Å². The molecule has 3 N–H and O–H groups in total. The molecule has 0 radical (unpaired) electrons. The average molecular weight is 463 g/mol. The molecule has 2 bridgehead atoms. The van der Waals surface area contributed by atoms with Gasteiger partial charge >= 0.3 is 0 Å². The van der Waals surface area contributed by atoms with Crippen molar-refractivity contribution in [2.45, 2.75) is 49.9 Å². The Kier molecular flexibility index (Phi) is 5.70. The van der Waals surface area contributed by atoms with Crippen LogP contribution in [0.1, 0.15) is 37.4 Å². The van der Waals surface area contributed by atoms with Crippen molar-refractivity contribution in [2.24, 2.45) is 0 Å². The molecule has 0 amide bonds. The number of benzene rings is 1. The normalized spacial score (nSPS) is 26.8. The lowest BCUT2D eigenvalue weighted by atomic mass is 9.95. The highest BCUT2D eigenvalue weighted by Gasteiger charge is 2.41. The molecule has 9 nitrogen and oxygen atoms in total. The number of nitrogens with zero attached hydrogens (tertiary/aromatic N) is 4. The van der Waals surface area contributed by atoms with Crippen LogP contribution in [0.15, 0.2) is 60.2 Å². The number of rotatable bonds is 7. The first-order valence-electron chi connectivity index (χ1n) is 12.0. The molecule has 34 heavy (non-hydrogen) atoms. The van der Waals surface area contributed by atoms with Gasteiger partial charge < -0.3 is 15.2 Å². The van der Waals surface area contributed by atoms with E-state index < -0.39 is 6.10 Å². The summed E-state index contributed by atoms with van der Waals surface area (Å²) in [7, 11) is 1.58. The maximum absolute atomic E-state index is 11.2. The van der Waals surface area contributed by atoms with Crippen molar-refractivity contribution < 1.29 is 14.8 Å². The number of aromatic nitrogens is 2. The Bertz CT molecular complexity index is 1150. The zero-order valence-corrected chi connectivity index (χ0v) is 19.2. The zero-order valence-electron chi connectivity index (χ0n) is 19.2. The lowest BCUT2D eigenvalue weighted by molar-refractivity contribution is -0.112. The van der Waals surface area contributed by atoms with Crippen molar-refractivity contribution in [3.05, 3.63) is 65.8 Å². The van der Waals surface area contributed by atoms with Crippen molar-refractivity contribution in [1.29, 1.82) is 0 Å². The second-order valence-electron chi connectivity index (χ2n) is 9.41. The van der Waals surface area contributed by atoms with Gasteiger partial charge in [0, 0.05) is 43.0 Å². The molecule has 0 spiro atoms. The van der Waals surface area contributed by atoms with Crippen LogP contribution >= 0.6 is 0 Å².